The van der Waals surface area contributed by atoms with Gasteiger partial charge >= 0.3 is 0 Å². The average molecular weight is 253 g/mol. The molecule has 3 rings (SSSR count). The molecule has 19 heavy (non-hydrogen) atoms. The number of hydrogen-bond donors (Lipinski definition) is 1. The zero-order chi connectivity index (χ0) is 12.9. The molecule has 0 amide bonds. The van der Waals surface area contributed by atoms with Gasteiger partial charge in [-0.15, -0.1) is 10.2 Å². The molecule has 0 bridgehead atoms. The number of pyridine rings is 1. The van der Waals surface area contributed by atoms with E-state index in [1.165, 1.54) is 0 Å². The Morgan fingerprint density at radius 1 is 1.11 bits per heavy atom. The topological polar surface area (TPSA) is 76.6 Å². The average Bonchev–Trinajstić information content (AvgIpc) is 3.01. The van der Waals surface area contributed by atoms with Crippen LogP contribution in [0.1, 0.15) is 5.56 Å². The lowest BCUT2D eigenvalue weighted by molar-refractivity contribution is 0.305. The summed E-state index contributed by atoms with van der Waals surface area (Å²) in [7, 11) is 0. The summed E-state index contributed by atoms with van der Waals surface area (Å²) < 4.78 is 5.68. The van der Waals surface area contributed by atoms with Crippen LogP contribution in [0.15, 0.2) is 48.8 Å². The Bertz CT molecular complexity index is 639. The van der Waals surface area contributed by atoms with Gasteiger partial charge < -0.3 is 4.74 Å². The van der Waals surface area contributed by atoms with Crippen molar-refractivity contribution in [3.63, 3.8) is 0 Å². The highest BCUT2D eigenvalue weighted by Crippen LogP contribution is 2.19. The molecule has 2 aromatic heterocycles. The van der Waals surface area contributed by atoms with Crippen molar-refractivity contribution in [3.8, 4) is 17.1 Å². The summed E-state index contributed by atoms with van der Waals surface area (Å²) in [5, 5.41) is 13.7. The van der Waals surface area contributed by atoms with E-state index in [1.54, 1.807) is 12.4 Å². The van der Waals surface area contributed by atoms with E-state index in [-0.39, 0.29) is 0 Å². The van der Waals surface area contributed by atoms with Crippen LogP contribution in [-0.2, 0) is 6.61 Å². The molecule has 1 N–H and O–H groups in total. The third kappa shape index (κ3) is 2.74. The van der Waals surface area contributed by atoms with Gasteiger partial charge in [0.1, 0.15) is 12.4 Å². The first kappa shape index (κ1) is 11.3. The molecule has 0 saturated carbocycles. The van der Waals surface area contributed by atoms with Crippen LogP contribution in [0.2, 0.25) is 0 Å². The monoisotopic (exact) mass is 253 g/mol. The van der Waals surface area contributed by atoms with E-state index >= 15 is 0 Å². The van der Waals surface area contributed by atoms with Gasteiger partial charge in [0.25, 0.3) is 0 Å². The molecule has 0 atom stereocenters. The Kier molecular flexibility index (Phi) is 3.14. The van der Waals surface area contributed by atoms with Crippen LogP contribution >= 0.6 is 0 Å². The lowest BCUT2D eigenvalue weighted by Crippen LogP contribution is -1.96. The summed E-state index contributed by atoms with van der Waals surface area (Å²) in [5.41, 5.74) is 1.87. The fraction of sp³-hybridized carbons (Fsp3) is 0.0769. The highest BCUT2D eigenvalue weighted by Gasteiger charge is 2.05. The van der Waals surface area contributed by atoms with E-state index in [2.05, 4.69) is 25.6 Å². The largest absolute Gasteiger partial charge is 0.487 e. The van der Waals surface area contributed by atoms with Crippen molar-refractivity contribution in [1.29, 1.82) is 0 Å². The van der Waals surface area contributed by atoms with Gasteiger partial charge in [0.2, 0.25) is 5.82 Å². The number of tetrazole rings is 1. The predicted molar refractivity (Wildman–Crippen MR) is 68.2 cm³/mol. The molecule has 94 valence electrons. The third-order valence-corrected chi connectivity index (χ3v) is 2.57. The van der Waals surface area contributed by atoms with Crippen molar-refractivity contribution in [2.75, 3.05) is 0 Å². The first-order chi connectivity index (χ1) is 9.42. The molecule has 1 aromatic carbocycles. The SMILES string of the molecule is c1ccc(COc2cncc(-c3nn[nH]n3)c2)cc1. The zero-order valence-corrected chi connectivity index (χ0v) is 10.0. The van der Waals surface area contributed by atoms with Crippen LogP contribution < -0.4 is 4.74 Å². The van der Waals surface area contributed by atoms with Gasteiger partial charge in [-0.1, -0.05) is 30.3 Å². The van der Waals surface area contributed by atoms with Crippen LogP contribution in [0.5, 0.6) is 5.75 Å². The minimum absolute atomic E-state index is 0.498. The van der Waals surface area contributed by atoms with Crippen LogP contribution in [0.25, 0.3) is 11.4 Å². The molecule has 0 unspecified atom stereocenters. The predicted octanol–water partition coefficient (Wildman–Crippen LogP) is 1.84. The molecule has 0 fully saturated rings. The third-order valence-electron chi connectivity index (χ3n) is 2.57. The minimum Gasteiger partial charge on any atom is -0.487 e. The molecule has 0 radical (unpaired) electrons. The van der Waals surface area contributed by atoms with Gasteiger partial charge in [-0.05, 0) is 16.8 Å². The summed E-state index contributed by atoms with van der Waals surface area (Å²) in [5.74, 6) is 1.17. The lowest BCUT2D eigenvalue weighted by Gasteiger charge is -2.06. The Morgan fingerprint density at radius 2 is 2.00 bits per heavy atom. The van der Waals surface area contributed by atoms with Crippen LogP contribution in [-0.4, -0.2) is 25.6 Å². The van der Waals surface area contributed by atoms with E-state index in [1.807, 2.05) is 36.4 Å². The number of nitrogens with one attached hydrogen (secondary N) is 1. The smallest absolute Gasteiger partial charge is 0.206 e. The maximum Gasteiger partial charge on any atom is 0.206 e. The van der Waals surface area contributed by atoms with E-state index < -0.39 is 0 Å². The molecule has 6 nitrogen and oxygen atoms in total. The number of nitrogens with zero attached hydrogens (tertiary/aromatic N) is 4. The Labute approximate surface area is 109 Å². The van der Waals surface area contributed by atoms with Crippen LogP contribution in [0.4, 0.5) is 0 Å². The summed E-state index contributed by atoms with van der Waals surface area (Å²) in [4.78, 5) is 4.11. The molecule has 0 aliphatic carbocycles. The maximum atomic E-state index is 5.68. The van der Waals surface area contributed by atoms with Gasteiger partial charge in [-0.2, -0.15) is 5.21 Å². The normalized spacial score (nSPS) is 10.3. The van der Waals surface area contributed by atoms with Crippen molar-refractivity contribution in [3.05, 3.63) is 54.4 Å². The van der Waals surface area contributed by atoms with Gasteiger partial charge in [0.05, 0.1) is 6.20 Å². The minimum atomic E-state index is 0.498. The lowest BCUT2D eigenvalue weighted by atomic mass is 10.2. The summed E-state index contributed by atoms with van der Waals surface area (Å²) in [6, 6.07) is 11.8. The quantitative estimate of drug-likeness (QED) is 0.767. The first-order valence-corrected chi connectivity index (χ1v) is 5.77. The Hall–Kier alpha value is -2.76. The summed E-state index contributed by atoms with van der Waals surface area (Å²) in [6.07, 6.45) is 3.33. The fourth-order valence-electron chi connectivity index (χ4n) is 1.65. The number of H-pyrrole nitrogens is 1. The van der Waals surface area contributed by atoms with E-state index in [0.29, 0.717) is 18.2 Å². The molecule has 0 saturated heterocycles. The Balaban J connectivity index is 1.74. The molecule has 0 aliphatic heterocycles. The molecule has 3 aromatic rings. The highest BCUT2D eigenvalue weighted by atomic mass is 16.5. The van der Waals surface area contributed by atoms with Gasteiger partial charge in [0.15, 0.2) is 0 Å². The fourth-order valence-corrected chi connectivity index (χ4v) is 1.65. The second kappa shape index (κ2) is 5.26. The highest BCUT2D eigenvalue weighted by molar-refractivity contribution is 5.54. The molecule has 2 heterocycles. The molecular formula is C13H11N5O. The van der Waals surface area contributed by atoms with E-state index in [0.717, 1.165) is 11.1 Å². The number of aromatic amines is 1. The first-order valence-electron chi connectivity index (χ1n) is 5.77. The van der Waals surface area contributed by atoms with Gasteiger partial charge in [0, 0.05) is 11.8 Å². The van der Waals surface area contributed by atoms with Crippen molar-refractivity contribution < 1.29 is 4.74 Å². The number of aromatic nitrogens is 5. The molecular weight excluding hydrogens is 242 g/mol. The van der Waals surface area contributed by atoms with Crippen molar-refractivity contribution in [1.82, 2.24) is 25.6 Å². The molecule has 0 spiro atoms. The van der Waals surface area contributed by atoms with Gasteiger partial charge in [-0.25, -0.2) is 0 Å². The molecule has 6 heteroatoms. The second-order valence-corrected chi connectivity index (χ2v) is 3.92. The second-order valence-electron chi connectivity index (χ2n) is 3.92. The number of ether oxygens (including phenoxy) is 1. The van der Waals surface area contributed by atoms with Crippen LogP contribution in [0, 0.1) is 0 Å². The zero-order valence-electron chi connectivity index (χ0n) is 10.0. The standard InChI is InChI=1S/C13H11N5O/c1-2-4-10(5-3-1)9-19-12-6-11(7-14-8-12)13-15-17-18-16-13/h1-8H,9H2,(H,15,16,17,18). The Morgan fingerprint density at radius 3 is 2.79 bits per heavy atom. The van der Waals surface area contributed by atoms with Crippen molar-refractivity contribution in [2.24, 2.45) is 0 Å². The van der Waals surface area contributed by atoms with E-state index in [4.69, 9.17) is 4.74 Å². The number of hydrogen-bond acceptors (Lipinski definition) is 5. The van der Waals surface area contributed by atoms with E-state index in [9.17, 15) is 0 Å². The van der Waals surface area contributed by atoms with Gasteiger partial charge in [-0.3, -0.25) is 4.98 Å². The van der Waals surface area contributed by atoms with Crippen molar-refractivity contribution in [2.45, 2.75) is 6.61 Å². The summed E-state index contributed by atoms with van der Waals surface area (Å²) in [6.45, 7) is 0.498. The maximum absolute atomic E-state index is 5.68. The van der Waals surface area contributed by atoms with Crippen LogP contribution in [0.3, 0.4) is 0 Å². The summed E-state index contributed by atoms with van der Waals surface area (Å²) >= 11 is 0. The number of rotatable bonds is 4. The molecule has 0 aliphatic rings. The van der Waals surface area contributed by atoms with Crippen molar-refractivity contribution >= 4 is 0 Å². The number of benzene rings is 1.